The predicted octanol–water partition coefficient (Wildman–Crippen LogP) is 3.70. The second kappa shape index (κ2) is 5.76. The van der Waals surface area contributed by atoms with Crippen molar-refractivity contribution in [2.75, 3.05) is 12.4 Å². The van der Waals surface area contributed by atoms with Gasteiger partial charge in [0.25, 0.3) is 0 Å². The average molecular weight is 316 g/mol. The van der Waals surface area contributed by atoms with E-state index >= 15 is 0 Å². The maximum Gasteiger partial charge on any atom is 0.212 e. The highest BCUT2D eigenvalue weighted by Gasteiger charge is 2.26. The molecular formula is C16H20N4OS. The van der Waals surface area contributed by atoms with Crippen molar-refractivity contribution in [2.45, 2.75) is 32.9 Å². The number of thioether (sulfide) groups is 1. The summed E-state index contributed by atoms with van der Waals surface area (Å²) in [4.78, 5) is 0. The molecule has 1 aromatic carbocycles. The third-order valence-corrected chi connectivity index (χ3v) is 4.37. The lowest BCUT2D eigenvalue weighted by Crippen LogP contribution is -2.26. The summed E-state index contributed by atoms with van der Waals surface area (Å²) in [5, 5.41) is 14.2. The van der Waals surface area contributed by atoms with Crippen molar-refractivity contribution in [3.8, 4) is 17.1 Å². The van der Waals surface area contributed by atoms with Gasteiger partial charge < -0.3 is 4.74 Å². The lowest BCUT2D eigenvalue weighted by molar-refractivity contribution is 0.340. The van der Waals surface area contributed by atoms with Crippen LogP contribution in [-0.4, -0.2) is 32.9 Å². The van der Waals surface area contributed by atoms with Crippen LogP contribution in [0.4, 0.5) is 0 Å². The summed E-state index contributed by atoms with van der Waals surface area (Å²) in [6, 6.07) is 7.89. The first-order valence-corrected chi connectivity index (χ1v) is 8.37. The number of fused-ring (bicyclic) bond motifs is 1. The Morgan fingerprint density at radius 3 is 2.82 bits per heavy atom. The standard InChI is InChI=1S/C16H20N4OS/c1-5-21-12-8-6-7-11(9-12)14-17-18-15-20(14)19-13(10-22-15)16(2,3)4/h6-9H,5,10H2,1-4H3. The topological polar surface area (TPSA) is 52.3 Å². The van der Waals surface area contributed by atoms with Crippen molar-refractivity contribution in [1.82, 2.24) is 14.9 Å². The van der Waals surface area contributed by atoms with Crippen molar-refractivity contribution >= 4 is 17.5 Å². The molecule has 2 heterocycles. The molecule has 22 heavy (non-hydrogen) atoms. The van der Waals surface area contributed by atoms with Crippen LogP contribution in [0.1, 0.15) is 27.7 Å². The minimum atomic E-state index is 0.0411. The Bertz CT molecular complexity index is 715. The smallest absolute Gasteiger partial charge is 0.212 e. The molecule has 3 rings (SSSR count). The molecule has 1 aliphatic rings. The molecule has 0 spiro atoms. The summed E-state index contributed by atoms with van der Waals surface area (Å²) in [7, 11) is 0. The third kappa shape index (κ3) is 2.88. The quantitative estimate of drug-likeness (QED) is 0.866. The van der Waals surface area contributed by atoms with Crippen LogP contribution in [0.5, 0.6) is 5.75 Å². The van der Waals surface area contributed by atoms with E-state index in [0.29, 0.717) is 6.61 Å². The summed E-state index contributed by atoms with van der Waals surface area (Å²) in [6.07, 6.45) is 0. The molecule has 0 aliphatic carbocycles. The van der Waals surface area contributed by atoms with Gasteiger partial charge in [-0.2, -0.15) is 9.78 Å². The van der Waals surface area contributed by atoms with E-state index in [4.69, 9.17) is 9.84 Å². The van der Waals surface area contributed by atoms with Crippen LogP contribution < -0.4 is 4.74 Å². The lowest BCUT2D eigenvalue weighted by Gasteiger charge is -2.24. The Morgan fingerprint density at radius 2 is 2.09 bits per heavy atom. The predicted molar refractivity (Wildman–Crippen MR) is 89.6 cm³/mol. The number of ether oxygens (including phenoxy) is 1. The summed E-state index contributed by atoms with van der Waals surface area (Å²) in [5.41, 5.74) is 2.15. The molecular weight excluding hydrogens is 296 g/mol. The highest BCUT2D eigenvalue weighted by molar-refractivity contribution is 7.99. The van der Waals surface area contributed by atoms with Gasteiger partial charge in [-0.1, -0.05) is 44.7 Å². The van der Waals surface area contributed by atoms with Crippen molar-refractivity contribution in [3.63, 3.8) is 0 Å². The van der Waals surface area contributed by atoms with Gasteiger partial charge in [0, 0.05) is 16.7 Å². The minimum Gasteiger partial charge on any atom is -0.494 e. The van der Waals surface area contributed by atoms with Crippen LogP contribution >= 0.6 is 11.8 Å². The van der Waals surface area contributed by atoms with Gasteiger partial charge in [-0.15, -0.1) is 10.2 Å². The van der Waals surface area contributed by atoms with Crippen LogP contribution in [0, 0.1) is 5.41 Å². The van der Waals surface area contributed by atoms with Gasteiger partial charge in [-0.05, 0) is 19.1 Å². The highest BCUT2D eigenvalue weighted by Crippen LogP contribution is 2.32. The number of nitrogens with zero attached hydrogens (tertiary/aromatic N) is 4. The third-order valence-electron chi connectivity index (χ3n) is 3.44. The first-order valence-electron chi connectivity index (χ1n) is 7.39. The number of aromatic nitrogens is 3. The molecule has 0 saturated carbocycles. The van der Waals surface area contributed by atoms with E-state index in [-0.39, 0.29) is 5.41 Å². The Hall–Kier alpha value is -1.82. The fraction of sp³-hybridized carbons (Fsp3) is 0.438. The Kier molecular flexibility index (Phi) is 3.95. The van der Waals surface area contributed by atoms with Crippen molar-refractivity contribution in [3.05, 3.63) is 24.3 Å². The summed E-state index contributed by atoms with van der Waals surface area (Å²) in [5.74, 6) is 2.45. The molecule has 0 radical (unpaired) electrons. The van der Waals surface area contributed by atoms with E-state index in [2.05, 4.69) is 31.0 Å². The fourth-order valence-electron chi connectivity index (χ4n) is 2.17. The number of hydrogen-bond acceptors (Lipinski definition) is 5. The van der Waals surface area contributed by atoms with Crippen LogP contribution in [0.25, 0.3) is 11.4 Å². The number of benzene rings is 1. The molecule has 6 heteroatoms. The first kappa shape index (κ1) is 15.1. The van der Waals surface area contributed by atoms with E-state index in [0.717, 1.165) is 33.8 Å². The molecule has 0 bridgehead atoms. The molecule has 2 aromatic rings. The van der Waals surface area contributed by atoms with Crippen molar-refractivity contribution in [2.24, 2.45) is 10.5 Å². The minimum absolute atomic E-state index is 0.0411. The van der Waals surface area contributed by atoms with E-state index in [1.807, 2.05) is 35.9 Å². The van der Waals surface area contributed by atoms with Crippen LogP contribution in [-0.2, 0) is 0 Å². The maximum absolute atomic E-state index is 5.57. The number of hydrogen-bond donors (Lipinski definition) is 0. The van der Waals surface area contributed by atoms with E-state index < -0.39 is 0 Å². The summed E-state index contributed by atoms with van der Waals surface area (Å²) in [6.45, 7) is 9.15. The van der Waals surface area contributed by atoms with E-state index in [9.17, 15) is 0 Å². The average Bonchev–Trinajstić information content (AvgIpc) is 2.90. The molecule has 0 N–H and O–H groups in total. The molecule has 5 nitrogen and oxygen atoms in total. The molecule has 0 fully saturated rings. The van der Waals surface area contributed by atoms with E-state index in [1.54, 1.807) is 11.8 Å². The van der Waals surface area contributed by atoms with Gasteiger partial charge in [0.1, 0.15) is 5.75 Å². The van der Waals surface area contributed by atoms with Crippen molar-refractivity contribution in [1.29, 1.82) is 0 Å². The summed E-state index contributed by atoms with van der Waals surface area (Å²) < 4.78 is 7.41. The van der Waals surface area contributed by atoms with Crippen LogP contribution in [0.15, 0.2) is 34.5 Å². The second-order valence-corrected chi connectivity index (χ2v) is 7.11. The van der Waals surface area contributed by atoms with Gasteiger partial charge >= 0.3 is 0 Å². The van der Waals surface area contributed by atoms with E-state index in [1.165, 1.54) is 0 Å². The molecule has 1 aromatic heterocycles. The SMILES string of the molecule is CCOc1cccc(-c2nnc3n2N=C(C(C)(C)C)CS3)c1. The Morgan fingerprint density at radius 1 is 1.27 bits per heavy atom. The zero-order valence-electron chi connectivity index (χ0n) is 13.3. The molecule has 1 aliphatic heterocycles. The fourth-order valence-corrected chi connectivity index (χ4v) is 3.27. The first-order chi connectivity index (χ1) is 10.5. The van der Waals surface area contributed by atoms with Gasteiger partial charge in [-0.3, -0.25) is 0 Å². The van der Waals surface area contributed by atoms with Gasteiger partial charge in [0.15, 0.2) is 5.82 Å². The molecule has 0 amide bonds. The monoisotopic (exact) mass is 316 g/mol. The van der Waals surface area contributed by atoms with Gasteiger partial charge in [0.05, 0.1) is 12.3 Å². The van der Waals surface area contributed by atoms with Crippen LogP contribution in [0.2, 0.25) is 0 Å². The Balaban J connectivity index is 2.04. The highest BCUT2D eigenvalue weighted by atomic mass is 32.2. The zero-order valence-corrected chi connectivity index (χ0v) is 14.1. The molecule has 116 valence electrons. The lowest BCUT2D eigenvalue weighted by atomic mass is 9.91. The number of rotatable bonds is 3. The largest absolute Gasteiger partial charge is 0.494 e. The zero-order chi connectivity index (χ0) is 15.7. The van der Waals surface area contributed by atoms with Crippen LogP contribution in [0.3, 0.4) is 0 Å². The molecule has 0 unspecified atom stereocenters. The molecule has 0 saturated heterocycles. The normalized spacial score (nSPS) is 14.5. The molecule has 0 atom stereocenters. The summed E-state index contributed by atoms with van der Waals surface area (Å²) >= 11 is 1.68. The Labute approximate surface area is 134 Å². The maximum atomic E-state index is 5.57. The van der Waals surface area contributed by atoms with Gasteiger partial charge in [0.2, 0.25) is 5.16 Å². The van der Waals surface area contributed by atoms with Crippen molar-refractivity contribution < 1.29 is 4.74 Å². The van der Waals surface area contributed by atoms with Gasteiger partial charge in [-0.25, -0.2) is 0 Å². The second-order valence-electron chi connectivity index (χ2n) is 6.16.